The van der Waals surface area contributed by atoms with Gasteiger partial charge in [0.05, 0.1) is 6.42 Å². The van der Waals surface area contributed by atoms with Crippen molar-refractivity contribution in [3.8, 4) is 5.75 Å². The fourth-order valence-corrected chi connectivity index (χ4v) is 3.23. The Morgan fingerprint density at radius 3 is 2.23 bits per heavy atom. The third-order valence-electron chi connectivity index (χ3n) is 4.46. The minimum absolute atomic E-state index is 0.0309. The highest BCUT2D eigenvalue weighted by Crippen LogP contribution is 2.17. The van der Waals surface area contributed by atoms with Crippen molar-refractivity contribution in [3.05, 3.63) is 88.9 Å². The lowest BCUT2D eigenvalue weighted by molar-refractivity contribution is -0.118. The predicted molar refractivity (Wildman–Crippen MR) is 123 cm³/mol. The molecule has 154 valence electrons. The van der Waals surface area contributed by atoms with E-state index in [4.69, 9.17) is 4.74 Å². The fourth-order valence-electron chi connectivity index (χ4n) is 2.96. The van der Waals surface area contributed by atoms with E-state index in [0.29, 0.717) is 24.4 Å². The van der Waals surface area contributed by atoms with Crippen LogP contribution in [-0.4, -0.2) is 25.0 Å². The topological polar surface area (TPSA) is 58.6 Å². The van der Waals surface area contributed by atoms with Crippen LogP contribution in [0.1, 0.15) is 12.5 Å². The standard InChI is InChI=1S/C24H23BrN2O3/c1-2-27(21-6-4-3-5-7-21)24(29)16-18-8-12-20(13-9-18)26-23(28)17-30-22-14-10-19(25)11-15-22/h3-15H,2,16-17H2,1H3,(H,26,28). The van der Waals surface area contributed by atoms with Gasteiger partial charge < -0.3 is 15.0 Å². The number of para-hydroxylation sites is 1. The van der Waals surface area contributed by atoms with Crippen LogP contribution in [0.25, 0.3) is 0 Å². The van der Waals surface area contributed by atoms with Gasteiger partial charge in [-0.1, -0.05) is 46.3 Å². The number of halogens is 1. The zero-order valence-electron chi connectivity index (χ0n) is 16.7. The molecule has 0 saturated carbocycles. The quantitative estimate of drug-likeness (QED) is 0.504. The van der Waals surface area contributed by atoms with E-state index in [1.807, 2.05) is 61.5 Å². The number of carbonyl (C=O) groups is 2. The summed E-state index contributed by atoms with van der Waals surface area (Å²) in [6.45, 7) is 2.49. The molecule has 3 aromatic rings. The van der Waals surface area contributed by atoms with Gasteiger partial charge in [-0.15, -0.1) is 0 Å². The number of rotatable bonds is 8. The van der Waals surface area contributed by atoms with Crippen LogP contribution in [-0.2, 0) is 16.0 Å². The Morgan fingerprint density at radius 1 is 0.933 bits per heavy atom. The molecule has 0 saturated heterocycles. The summed E-state index contributed by atoms with van der Waals surface area (Å²) in [6, 6.07) is 24.2. The van der Waals surface area contributed by atoms with Crippen molar-refractivity contribution in [1.29, 1.82) is 0 Å². The molecule has 0 aromatic heterocycles. The second kappa shape index (κ2) is 10.6. The van der Waals surface area contributed by atoms with Crippen LogP contribution in [0.3, 0.4) is 0 Å². The van der Waals surface area contributed by atoms with Gasteiger partial charge in [-0.3, -0.25) is 9.59 Å². The van der Waals surface area contributed by atoms with Crippen molar-refractivity contribution < 1.29 is 14.3 Å². The Morgan fingerprint density at radius 2 is 1.60 bits per heavy atom. The van der Waals surface area contributed by atoms with Crippen molar-refractivity contribution in [2.45, 2.75) is 13.3 Å². The average Bonchev–Trinajstić information content (AvgIpc) is 2.76. The van der Waals surface area contributed by atoms with Gasteiger partial charge in [0.2, 0.25) is 5.91 Å². The van der Waals surface area contributed by atoms with Crippen LogP contribution < -0.4 is 15.0 Å². The van der Waals surface area contributed by atoms with Gasteiger partial charge in [0.1, 0.15) is 5.75 Å². The summed E-state index contributed by atoms with van der Waals surface area (Å²) in [6.07, 6.45) is 0.295. The first kappa shape index (κ1) is 21.6. The second-order valence-electron chi connectivity index (χ2n) is 6.64. The number of amides is 2. The summed E-state index contributed by atoms with van der Waals surface area (Å²) in [5.41, 5.74) is 2.43. The molecule has 3 rings (SSSR count). The fraction of sp³-hybridized carbons (Fsp3) is 0.167. The SMILES string of the molecule is CCN(C(=O)Cc1ccc(NC(=O)COc2ccc(Br)cc2)cc1)c1ccccc1. The Labute approximate surface area is 184 Å². The van der Waals surface area contributed by atoms with Gasteiger partial charge in [0.15, 0.2) is 6.61 Å². The van der Waals surface area contributed by atoms with Crippen molar-refractivity contribution in [1.82, 2.24) is 0 Å². The van der Waals surface area contributed by atoms with Gasteiger partial charge in [-0.25, -0.2) is 0 Å². The number of benzene rings is 3. The summed E-state index contributed by atoms with van der Waals surface area (Å²) in [7, 11) is 0. The Hall–Kier alpha value is -3.12. The van der Waals surface area contributed by atoms with E-state index in [0.717, 1.165) is 15.7 Å². The molecule has 5 nitrogen and oxygen atoms in total. The molecule has 0 aliphatic rings. The maximum Gasteiger partial charge on any atom is 0.262 e. The number of hydrogen-bond acceptors (Lipinski definition) is 3. The van der Waals surface area contributed by atoms with Crippen LogP contribution in [0.5, 0.6) is 5.75 Å². The molecule has 0 atom stereocenters. The molecule has 0 aliphatic heterocycles. The number of ether oxygens (including phenoxy) is 1. The molecule has 0 unspecified atom stereocenters. The summed E-state index contributed by atoms with van der Waals surface area (Å²) in [5, 5.41) is 2.80. The van der Waals surface area contributed by atoms with E-state index >= 15 is 0 Å². The highest BCUT2D eigenvalue weighted by molar-refractivity contribution is 9.10. The molecule has 0 spiro atoms. The molecule has 0 heterocycles. The predicted octanol–water partition coefficient (Wildman–Crippen LogP) is 5.06. The molecular weight excluding hydrogens is 444 g/mol. The van der Waals surface area contributed by atoms with Crippen LogP contribution in [0.4, 0.5) is 11.4 Å². The monoisotopic (exact) mass is 466 g/mol. The van der Waals surface area contributed by atoms with Crippen LogP contribution in [0, 0.1) is 0 Å². The van der Waals surface area contributed by atoms with Crippen molar-refractivity contribution in [2.75, 3.05) is 23.4 Å². The van der Waals surface area contributed by atoms with Gasteiger partial charge in [0, 0.05) is 22.4 Å². The summed E-state index contributed by atoms with van der Waals surface area (Å²) >= 11 is 3.36. The molecular formula is C24H23BrN2O3. The van der Waals surface area contributed by atoms with E-state index in [9.17, 15) is 9.59 Å². The number of nitrogens with zero attached hydrogens (tertiary/aromatic N) is 1. The normalized spacial score (nSPS) is 10.3. The van der Waals surface area contributed by atoms with Crippen LogP contribution in [0.2, 0.25) is 0 Å². The third-order valence-corrected chi connectivity index (χ3v) is 4.99. The number of carbonyl (C=O) groups excluding carboxylic acids is 2. The van der Waals surface area contributed by atoms with Gasteiger partial charge >= 0.3 is 0 Å². The average molecular weight is 467 g/mol. The van der Waals surface area contributed by atoms with Crippen LogP contribution in [0.15, 0.2) is 83.3 Å². The van der Waals surface area contributed by atoms with Crippen molar-refractivity contribution in [3.63, 3.8) is 0 Å². The summed E-state index contributed by atoms with van der Waals surface area (Å²) < 4.78 is 6.42. The largest absolute Gasteiger partial charge is 0.484 e. The first-order valence-electron chi connectivity index (χ1n) is 9.67. The molecule has 6 heteroatoms. The lowest BCUT2D eigenvalue weighted by Crippen LogP contribution is -2.31. The zero-order chi connectivity index (χ0) is 21.3. The molecule has 30 heavy (non-hydrogen) atoms. The van der Waals surface area contributed by atoms with E-state index in [2.05, 4.69) is 21.2 Å². The lowest BCUT2D eigenvalue weighted by atomic mass is 10.1. The number of likely N-dealkylation sites (N-methyl/N-ethyl adjacent to an activating group) is 1. The van der Waals surface area contributed by atoms with Crippen LogP contribution >= 0.6 is 15.9 Å². The van der Waals surface area contributed by atoms with Crippen molar-refractivity contribution >= 4 is 39.1 Å². The summed E-state index contributed by atoms with van der Waals surface area (Å²) in [5.74, 6) is 0.410. The van der Waals surface area contributed by atoms with E-state index in [1.54, 1.807) is 29.2 Å². The maximum absolute atomic E-state index is 12.7. The maximum atomic E-state index is 12.7. The highest BCUT2D eigenvalue weighted by Gasteiger charge is 2.14. The molecule has 0 fully saturated rings. The molecule has 0 aliphatic carbocycles. The molecule has 3 aromatic carbocycles. The summed E-state index contributed by atoms with van der Waals surface area (Å²) in [4.78, 5) is 26.5. The first-order chi connectivity index (χ1) is 14.5. The third kappa shape index (κ3) is 6.19. The zero-order valence-corrected chi connectivity index (χ0v) is 18.3. The van der Waals surface area contributed by atoms with Gasteiger partial charge in [0.25, 0.3) is 5.91 Å². The van der Waals surface area contributed by atoms with Gasteiger partial charge in [-0.2, -0.15) is 0 Å². The molecule has 0 radical (unpaired) electrons. The molecule has 2 amide bonds. The minimum Gasteiger partial charge on any atom is -0.484 e. The highest BCUT2D eigenvalue weighted by atomic mass is 79.9. The van der Waals surface area contributed by atoms with Crippen molar-refractivity contribution in [2.24, 2.45) is 0 Å². The number of nitrogens with one attached hydrogen (secondary N) is 1. The second-order valence-corrected chi connectivity index (χ2v) is 7.55. The van der Waals surface area contributed by atoms with Gasteiger partial charge in [-0.05, 0) is 61.0 Å². The lowest BCUT2D eigenvalue weighted by Gasteiger charge is -2.21. The Balaban J connectivity index is 1.52. The Bertz CT molecular complexity index is 974. The first-order valence-corrected chi connectivity index (χ1v) is 10.5. The number of hydrogen-bond donors (Lipinski definition) is 1. The van der Waals surface area contributed by atoms with E-state index < -0.39 is 0 Å². The number of anilines is 2. The van der Waals surface area contributed by atoms with E-state index in [-0.39, 0.29) is 18.4 Å². The Kier molecular flexibility index (Phi) is 7.63. The smallest absolute Gasteiger partial charge is 0.262 e. The minimum atomic E-state index is -0.247. The molecule has 1 N–H and O–H groups in total. The van der Waals surface area contributed by atoms with E-state index in [1.165, 1.54) is 0 Å². The molecule has 0 bridgehead atoms.